The van der Waals surface area contributed by atoms with Crippen molar-refractivity contribution in [3.63, 3.8) is 0 Å². The number of hydrogen-bond acceptors (Lipinski definition) is 3. The molecule has 0 radical (unpaired) electrons. The summed E-state index contributed by atoms with van der Waals surface area (Å²) < 4.78 is 31.7. The maximum Gasteiger partial charge on any atom is 0.407 e. The summed E-state index contributed by atoms with van der Waals surface area (Å²) in [5.41, 5.74) is -0.348. The van der Waals surface area contributed by atoms with Crippen LogP contribution in [0.15, 0.2) is 12.1 Å². The molecule has 0 bridgehead atoms. The number of amides is 1. The van der Waals surface area contributed by atoms with Crippen LogP contribution in [0.5, 0.6) is 5.75 Å². The van der Waals surface area contributed by atoms with E-state index >= 15 is 0 Å². The van der Waals surface area contributed by atoms with Crippen molar-refractivity contribution in [3.8, 4) is 11.8 Å². The second-order valence-corrected chi connectivity index (χ2v) is 4.57. The summed E-state index contributed by atoms with van der Waals surface area (Å²) in [6, 6.07) is 3.19. The van der Waals surface area contributed by atoms with Crippen molar-refractivity contribution in [1.82, 2.24) is 4.90 Å². The van der Waals surface area contributed by atoms with Gasteiger partial charge < -0.3 is 14.7 Å². The van der Waals surface area contributed by atoms with Gasteiger partial charge in [-0.15, -0.1) is 0 Å². The van der Waals surface area contributed by atoms with Crippen molar-refractivity contribution in [2.45, 2.75) is 6.42 Å². The molecule has 1 unspecified atom stereocenters. The Morgan fingerprint density at radius 1 is 1.55 bits per heavy atom. The van der Waals surface area contributed by atoms with Crippen molar-refractivity contribution in [1.29, 1.82) is 5.26 Å². The molecule has 1 atom stereocenters. The summed E-state index contributed by atoms with van der Waals surface area (Å²) in [5.74, 6) is -2.00. The maximum absolute atomic E-state index is 13.4. The fourth-order valence-electron chi connectivity index (χ4n) is 2.12. The van der Waals surface area contributed by atoms with Crippen molar-refractivity contribution in [3.05, 3.63) is 29.3 Å². The highest BCUT2D eigenvalue weighted by molar-refractivity contribution is 5.65. The average molecular weight is 282 g/mol. The Bertz CT molecular complexity index is 571. The fraction of sp³-hybridized carbons (Fsp3) is 0.385. The van der Waals surface area contributed by atoms with Gasteiger partial charge >= 0.3 is 6.09 Å². The number of likely N-dealkylation sites (tertiary alicyclic amines) is 1. The lowest BCUT2D eigenvalue weighted by molar-refractivity contribution is 0.151. The van der Waals surface area contributed by atoms with Crippen LogP contribution in [-0.4, -0.2) is 35.8 Å². The number of benzene rings is 1. The van der Waals surface area contributed by atoms with Gasteiger partial charge in [0.1, 0.15) is 29.0 Å². The molecule has 0 aliphatic carbocycles. The molecule has 1 saturated heterocycles. The van der Waals surface area contributed by atoms with Crippen molar-refractivity contribution in [2.75, 3.05) is 19.7 Å². The van der Waals surface area contributed by atoms with Gasteiger partial charge in [-0.25, -0.2) is 13.6 Å². The third-order valence-corrected chi connectivity index (χ3v) is 3.16. The molecule has 1 fully saturated rings. The van der Waals surface area contributed by atoms with E-state index in [0.29, 0.717) is 25.6 Å². The molecule has 1 amide bonds. The van der Waals surface area contributed by atoms with Gasteiger partial charge in [0.25, 0.3) is 0 Å². The normalized spacial score (nSPS) is 17.9. The van der Waals surface area contributed by atoms with Crippen LogP contribution in [0.3, 0.4) is 0 Å². The average Bonchev–Trinajstić information content (AvgIpc) is 2.84. The Balaban J connectivity index is 2.02. The predicted molar refractivity (Wildman–Crippen MR) is 64.3 cm³/mol. The number of carboxylic acid groups (broad SMARTS) is 1. The van der Waals surface area contributed by atoms with Crippen LogP contribution >= 0.6 is 0 Å². The van der Waals surface area contributed by atoms with E-state index in [2.05, 4.69) is 0 Å². The van der Waals surface area contributed by atoms with Crippen LogP contribution in [0.2, 0.25) is 0 Å². The summed E-state index contributed by atoms with van der Waals surface area (Å²) in [4.78, 5) is 12.0. The third-order valence-electron chi connectivity index (χ3n) is 3.16. The number of nitriles is 1. The fourth-order valence-corrected chi connectivity index (χ4v) is 2.12. The number of nitrogens with zero attached hydrogens (tertiary/aromatic N) is 2. The summed E-state index contributed by atoms with van der Waals surface area (Å²) in [5, 5.41) is 17.6. The highest BCUT2D eigenvalue weighted by Crippen LogP contribution is 2.24. The van der Waals surface area contributed by atoms with E-state index in [0.717, 1.165) is 6.07 Å². The zero-order valence-electron chi connectivity index (χ0n) is 10.5. The maximum atomic E-state index is 13.4. The Labute approximate surface area is 114 Å². The molecular weight excluding hydrogens is 270 g/mol. The lowest BCUT2D eigenvalue weighted by atomic mass is 10.1. The number of rotatable bonds is 3. The van der Waals surface area contributed by atoms with Gasteiger partial charge in [0.05, 0.1) is 6.61 Å². The second kappa shape index (κ2) is 5.74. The first-order chi connectivity index (χ1) is 9.51. The van der Waals surface area contributed by atoms with E-state index < -0.39 is 17.7 Å². The van der Waals surface area contributed by atoms with Crippen LogP contribution < -0.4 is 4.74 Å². The molecule has 5 nitrogen and oxygen atoms in total. The van der Waals surface area contributed by atoms with E-state index in [9.17, 15) is 13.6 Å². The van der Waals surface area contributed by atoms with Crippen molar-refractivity contribution < 1.29 is 23.4 Å². The molecule has 0 saturated carbocycles. The first-order valence-electron chi connectivity index (χ1n) is 6.01. The molecule has 7 heteroatoms. The van der Waals surface area contributed by atoms with Crippen molar-refractivity contribution >= 4 is 6.09 Å². The summed E-state index contributed by atoms with van der Waals surface area (Å²) in [7, 11) is 0. The first kappa shape index (κ1) is 14.1. The van der Waals surface area contributed by atoms with Gasteiger partial charge in [-0.05, 0) is 6.42 Å². The highest BCUT2D eigenvalue weighted by Gasteiger charge is 2.26. The van der Waals surface area contributed by atoms with E-state index in [1.165, 1.54) is 4.90 Å². The van der Waals surface area contributed by atoms with Crippen LogP contribution in [0.1, 0.15) is 12.0 Å². The van der Waals surface area contributed by atoms with E-state index in [-0.39, 0.29) is 23.8 Å². The lowest BCUT2D eigenvalue weighted by Crippen LogP contribution is -2.27. The number of carbonyl (C=O) groups is 1. The Morgan fingerprint density at radius 2 is 2.30 bits per heavy atom. The van der Waals surface area contributed by atoms with E-state index in [1.54, 1.807) is 6.07 Å². The Hall–Kier alpha value is -2.36. The van der Waals surface area contributed by atoms with Gasteiger partial charge in [0.2, 0.25) is 0 Å². The minimum absolute atomic E-state index is 0.0519. The van der Waals surface area contributed by atoms with Crippen molar-refractivity contribution in [2.24, 2.45) is 5.92 Å². The van der Waals surface area contributed by atoms with Crippen LogP contribution in [0, 0.1) is 28.9 Å². The molecule has 0 spiro atoms. The lowest BCUT2D eigenvalue weighted by Gasteiger charge is -2.14. The summed E-state index contributed by atoms with van der Waals surface area (Å²) >= 11 is 0. The molecule has 1 aliphatic heterocycles. The monoisotopic (exact) mass is 282 g/mol. The number of ether oxygens (including phenoxy) is 1. The summed E-state index contributed by atoms with van der Waals surface area (Å²) in [6.07, 6.45) is -0.381. The van der Waals surface area contributed by atoms with E-state index in [1.807, 2.05) is 0 Å². The highest BCUT2D eigenvalue weighted by atomic mass is 19.1. The smallest absolute Gasteiger partial charge is 0.407 e. The molecular formula is C13H12F2N2O3. The quantitative estimate of drug-likeness (QED) is 0.922. The largest absolute Gasteiger partial charge is 0.492 e. The number of halogens is 2. The van der Waals surface area contributed by atoms with Gasteiger partial charge in [0, 0.05) is 31.1 Å². The second-order valence-electron chi connectivity index (χ2n) is 4.57. The molecule has 1 N–H and O–H groups in total. The zero-order chi connectivity index (χ0) is 14.7. The minimum atomic E-state index is -0.998. The van der Waals surface area contributed by atoms with Crippen LogP contribution in [0.4, 0.5) is 13.6 Å². The van der Waals surface area contributed by atoms with E-state index in [4.69, 9.17) is 15.1 Å². The topological polar surface area (TPSA) is 73.6 Å². The van der Waals surface area contributed by atoms with Crippen LogP contribution in [-0.2, 0) is 0 Å². The predicted octanol–water partition coefficient (Wildman–Crippen LogP) is 2.22. The minimum Gasteiger partial charge on any atom is -0.492 e. The first-order valence-corrected chi connectivity index (χ1v) is 6.01. The van der Waals surface area contributed by atoms with Gasteiger partial charge in [-0.3, -0.25) is 0 Å². The Kier molecular flexibility index (Phi) is 4.03. The van der Waals surface area contributed by atoms with Gasteiger partial charge in [-0.1, -0.05) is 0 Å². The SMILES string of the molecule is N#Cc1c(F)cc(F)cc1OCC1CCN(C(=O)O)C1. The van der Waals surface area contributed by atoms with Crippen LogP contribution in [0.25, 0.3) is 0 Å². The molecule has 20 heavy (non-hydrogen) atoms. The molecule has 2 rings (SSSR count). The van der Waals surface area contributed by atoms with Gasteiger partial charge in [-0.2, -0.15) is 5.26 Å². The molecule has 106 valence electrons. The molecule has 1 aromatic carbocycles. The molecule has 0 aromatic heterocycles. The Morgan fingerprint density at radius 3 is 2.90 bits per heavy atom. The number of hydrogen-bond donors (Lipinski definition) is 1. The summed E-state index contributed by atoms with van der Waals surface area (Å²) in [6.45, 7) is 0.836. The molecule has 1 heterocycles. The molecule has 1 aliphatic rings. The zero-order valence-corrected chi connectivity index (χ0v) is 10.5. The third kappa shape index (κ3) is 2.96. The van der Waals surface area contributed by atoms with Gasteiger partial charge in [0.15, 0.2) is 0 Å². The molecule has 1 aromatic rings. The standard InChI is InChI=1S/C13H12F2N2O3/c14-9-3-11(15)10(5-16)12(4-9)20-7-8-1-2-17(6-8)13(18)19/h3-4,8H,1-2,6-7H2,(H,18,19).